The lowest BCUT2D eigenvalue weighted by atomic mass is 9.79. The maximum absolute atomic E-state index is 14.1. The van der Waals surface area contributed by atoms with Crippen LogP contribution in [0.5, 0.6) is 0 Å². The Balaban J connectivity index is 1.87. The first-order valence-electron chi connectivity index (χ1n) is 8.43. The van der Waals surface area contributed by atoms with Gasteiger partial charge in [0.05, 0.1) is 5.56 Å². The van der Waals surface area contributed by atoms with Crippen LogP contribution in [-0.4, -0.2) is 0 Å². The summed E-state index contributed by atoms with van der Waals surface area (Å²) >= 11 is 0. The maximum Gasteiger partial charge on any atom is 0.419 e. The van der Waals surface area contributed by atoms with Crippen molar-refractivity contribution in [3.63, 3.8) is 0 Å². The van der Waals surface area contributed by atoms with Crippen molar-refractivity contribution in [2.45, 2.75) is 44.7 Å². The summed E-state index contributed by atoms with van der Waals surface area (Å²) in [6.07, 6.45) is -0.366. The molecule has 134 valence electrons. The zero-order valence-electron chi connectivity index (χ0n) is 13.8. The first kappa shape index (κ1) is 17.9. The molecular weight excluding hydrogens is 335 g/mol. The molecule has 1 fully saturated rings. The monoisotopic (exact) mass is 354 g/mol. The van der Waals surface area contributed by atoms with E-state index in [-0.39, 0.29) is 5.56 Å². The number of hydrogen-bond donors (Lipinski definition) is 0. The summed E-state index contributed by atoms with van der Waals surface area (Å²) in [5.74, 6) is -2.12. The third kappa shape index (κ3) is 3.70. The van der Waals surface area contributed by atoms with Gasteiger partial charge in [-0.25, -0.2) is 8.78 Å². The van der Waals surface area contributed by atoms with Gasteiger partial charge in [0, 0.05) is 5.56 Å². The summed E-state index contributed by atoms with van der Waals surface area (Å²) in [4.78, 5) is 0. The summed E-state index contributed by atoms with van der Waals surface area (Å²) in [7, 11) is 0. The molecular formula is C20H19F5. The third-order valence-corrected chi connectivity index (χ3v) is 5.10. The Kier molecular flexibility index (Phi) is 4.85. The molecule has 0 amide bonds. The zero-order chi connectivity index (χ0) is 18.2. The van der Waals surface area contributed by atoms with E-state index in [0.29, 0.717) is 17.5 Å². The van der Waals surface area contributed by atoms with Gasteiger partial charge in [-0.05, 0) is 41.9 Å². The lowest BCUT2D eigenvalue weighted by Gasteiger charge is -2.26. The Hall–Kier alpha value is -1.91. The lowest BCUT2D eigenvalue weighted by Crippen LogP contribution is -2.11. The number of rotatable bonds is 2. The Labute approximate surface area is 143 Å². The fourth-order valence-electron chi connectivity index (χ4n) is 3.52. The second-order valence-corrected chi connectivity index (χ2v) is 6.87. The first-order chi connectivity index (χ1) is 11.8. The first-order valence-corrected chi connectivity index (χ1v) is 8.43. The average molecular weight is 354 g/mol. The van der Waals surface area contributed by atoms with Gasteiger partial charge in [0.15, 0.2) is 11.6 Å². The molecule has 0 unspecified atom stereocenters. The van der Waals surface area contributed by atoms with Crippen LogP contribution in [0, 0.1) is 17.6 Å². The van der Waals surface area contributed by atoms with Crippen molar-refractivity contribution < 1.29 is 22.0 Å². The van der Waals surface area contributed by atoms with Crippen LogP contribution in [0.25, 0.3) is 11.1 Å². The quantitative estimate of drug-likeness (QED) is 0.512. The topological polar surface area (TPSA) is 0 Å². The van der Waals surface area contributed by atoms with Crippen LogP contribution >= 0.6 is 0 Å². The van der Waals surface area contributed by atoms with Crippen molar-refractivity contribution in [1.82, 2.24) is 0 Å². The van der Waals surface area contributed by atoms with Gasteiger partial charge < -0.3 is 0 Å². The van der Waals surface area contributed by atoms with E-state index in [1.807, 2.05) is 12.1 Å². The van der Waals surface area contributed by atoms with Crippen molar-refractivity contribution in [2.24, 2.45) is 5.92 Å². The number of alkyl halides is 3. The molecule has 0 nitrogen and oxygen atoms in total. The molecule has 25 heavy (non-hydrogen) atoms. The van der Waals surface area contributed by atoms with Gasteiger partial charge in [0.1, 0.15) is 0 Å². The number of benzene rings is 2. The predicted octanol–water partition coefficient (Wildman–Crippen LogP) is 6.94. The molecule has 1 aliphatic carbocycles. The molecule has 0 atom stereocenters. The molecule has 0 aromatic heterocycles. The summed E-state index contributed by atoms with van der Waals surface area (Å²) in [6.45, 7) is 2.24. The Morgan fingerprint density at radius 2 is 1.40 bits per heavy atom. The predicted molar refractivity (Wildman–Crippen MR) is 87.2 cm³/mol. The minimum Gasteiger partial charge on any atom is -0.203 e. The summed E-state index contributed by atoms with van der Waals surface area (Å²) in [6, 6.07) is 8.61. The van der Waals surface area contributed by atoms with E-state index in [1.165, 1.54) is 12.8 Å². The number of hydrogen-bond acceptors (Lipinski definition) is 0. The molecule has 0 N–H and O–H groups in total. The molecule has 0 heterocycles. The van der Waals surface area contributed by atoms with Crippen LogP contribution in [-0.2, 0) is 6.18 Å². The number of halogens is 5. The molecule has 0 aliphatic heterocycles. The van der Waals surface area contributed by atoms with Gasteiger partial charge in [-0.15, -0.1) is 0 Å². The van der Waals surface area contributed by atoms with Crippen molar-refractivity contribution in [3.05, 3.63) is 59.2 Å². The highest BCUT2D eigenvalue weighted by atomic mass is 19.4. The van der Waals surface area contributed by atoms with E-state index in [2.05, 4.69) is 6.92 Å². The van der Waals surface area contributed by atoms with Crippen LogP contribution in [0.3, 0.4) is 0 Å². The molecule has 0 bridgehead atoms. The molecule has 1 saturated carbocycles. The van der Waals surface area contributed by atoms with E-state index >= 15 is 0 Å². The molecule has 0 saturated heterocycles. The largest absolute Gasteiger partial charge is 0.419 e. The van der Waals surface area contributed by atoms with Crippen LogP contribution in [0.15, 0.2) is 36.4 Å². The fourth-order valence-corrected chi connectivity index (χ4v) is 3.52. The standard InChI is InChI=1S/C20H19F5/c1-12-2-4-13(5-3-12)14-6-8-15(9-7-14)16-10-11-17(20(23,24)25)19(22)18(16)21/h6-13H,2-5H2,1H3. The molecule has 0 spiro atoms. The Morgan fingerprint density at radius 3 is 1.96 bits per heavy atom. The second-order valence-electron chi connectivity index (χ2n) is 6.87. The smallest absolute Gasteiger partial charge is 0.203 e. The third-order valence-electron chi connectivity index (χ3n) is 5.10. The van der Waals surface area contributed by atoms with Crippen LogP contribution in [0.4, 0.5) is 22.0 Å². The minimum absolute atomic E-state index is 0.158. The second kappa shape index (κ2) is 6.77. The highest BCUT2D eigenvalue weighted by Crippen LogP contribution is 2.38. The van der Waals surface area contributed by atoms with E-state index in [1.54, 1.807) is 12.1 Å². The maximum atomic E-state index is 14.1. The van der Waals surface area contributed by atoms with Gasteiger partial charge >= 0.3 is 6.18 Å². The van der Waals surface area contributed by atoms with Gasteiger partial charge in [-0.1, -0.05) is 50.1 Å². The van der Waals surface area contributed by atoms with Crippen molar-refractivity contribution in [3.8, 4) is 11.1 Å². The minimum atomic E-state index is -4.91. The molecule has 1 aliphatic rings. The summed E-state index contributed by atoms with van der Waals surface area (Å²) < 4.78 is 65.8. The van der Waals surface area contributed by atoms with Crippen LogP contribution in [0.1, 0.15) is 49.7 Å². The normalized spacial score (nSPS) is 21.4. The van der Waals surface area contributed by atoms with E-state index in [0.717, 1.165) is 30.4 Å². The van der Waals surface area contributed by atoms with Gasteiger partial charge in [-0.2, -0.15) is 13.2 Å². The zero-order valence-corrected chi connectivity index (χ0v) is 13.8. The molecule has 2 aromatic rings. The molecule has 3 rings (SSSR count). The van der Waals surface area contributed by atoms with Crippen molar-refractivity contribution in [1.29, 1.82) is 0 Å². The average Bonchev–Trinajstić information content (AvgIpc) is 2.57. The van der Waals surface area contributed by atoms with Crippen molar-refractivity contribution >= 4 is 0 Å². The van der Waals surface area contributed by atoms with E-state index in [9.17, 15) is 22.0 Å². The molecule has 2 aromatic carbocycles. The fraction of sp³-hybridized carbons (Fsp3) is 0.400. The molecule has 0 radical (unpaired) electrons. The van der Waals surface area contributed by atoms with E-state index in [4.69, 9.17) is 0 Å². The van der Waals surface area contributed by atoms with Crippen LogP contribution in [0.2, 0.25) is 0 Å². The summed E-state index contributed by atoms with van der Waals surface area (Å²) in [5, 5.41) is 0. The van der Waals surface area contributed by atoms with Crippen LogP contribution < -0.4 is 0 Å². The van der Waals surface area contributed by atoms with Gasteiger partial charge in [0.25, 0.3) is 0 Å². The Bertz CT molecular complexity index is 738. The van der Waals surface area contributed by atoms with Gasteiger partial charge in [0.2, 0.25) is 0 Å². The Morgan fingerprint density at radius 1 is 0.800 bits per heavy atom. The van der Waals surface area contributed by atoms with Crippen molar-refractivity contribution in [2.75, 3.05) is 0 Å². The molecule has 5 heteroatoms. The lowest BCUT2D eigenvalue weighted by molar-refractivity contribution is -0.140. The highest BCUT2D eigenvalue weighted by Gasteiger charge is 2.36. The van der Waals surface area contributed by atoms with E-state index < -0.39 is 23.4 Å². The van der Waals surface area contributed by atoms with Gasteiger partial charge in [-0.3, -0.25) is 0 Å². The summed E-state index contributed by atoms with van der Waals surface area (Å²) in [5.41, 5.74) is -0.225. The highest BCUT2D eigenvalue weighted by molar-refractivity contribution is 5.65. The SMILES string of the molecule is CC1CCC(c2ccc(-c3ccc(C(F)(F)F)c(F)c3F)cc2)CC1.